The SMILES string of the molecule is CC[C@@H](O)COc1cc2cc(c1OCOCC[Si](C)(C)C)-c1cc(ccc1OC[C@H](O)CNC(=O)OC(C)(C)C)C[C@@H](C(=O)OC)NC(=O)[C@H](C)CC(=O)[C@H]2N(C)C(=O)OCc1ccccc1. The Morgan fingerprint density at radius 2 is 1.60 bits per heavy atom. The van der Waals surface area contributed by atoms with Crippen molar-refractivity contribution < 1.29 is 67.3 Å². The molecule has 5 atom stereocenters. The Balaban J connectivity index is 1.97. The topological polar surface area (TPSA) is 218 Å². The van der Waals surface area contributed by atoms with Crippen LogP contribution in [0.1, 0.15) is 70.2 Å². The Kier molecular flexibility index (Phi) is 20.0. The quantitative estimate of drug-likeness (QED) is 0.0328. The summed E-state index contributed by atoms with van der Waals surface area (Å²) >= 11 is 0. The third-order valence-electron chi connectivity index (χ3n) is 10.6. The minimum Gasteiger partial charge on any atom is -0.490 e. The zero-order valence-electron chi connectivity index (χ0n) is 40.5. The molecule has 67 heavy (non-hydrogen) atoms. The summed E-state index contributed by atoms with van der Waals surface area (Å²) in [5.74, 6) is -2.43. The van der Waals surface area contributed by atoms with Crippen LogP contribution in [0.2, 0.25) is 25.7 Å². The zero-order chi connectivity index (χ0) is 49.5. The van der Waals surface area contributed by atoms with Crippen molar-refractivity contribution in [3.8, 4) is 28.4 Å². The molecule has 17 nitrogen and oxygen atoms in total. The predicted molar refractivity (Wildman–Crippen MR) is 253 cm³/mol. The number of alkyl carbamates (subject to hydrolysis) is 1. The highest BCUT2D eigenvalue weighted by atomic mass is 28.3. The molecule has 4 rings (SSSR count). The van der Waals surface area contributed by atoms with E-state index in [1.54, 1.807) is 89.2 Å². The number of ether oxygens (including phenoxy) is 7. The number of likely N-dealkylation sites (N-methyl/N-ethyl adjacent to an activating group) is 1. The number of aliphatic hydroxyl groups excluding tert-OH is 2. The van der Waals surface area contributed by atoms with Gasteiger partial charge in [0.2, 0.25) is 5.91 Å². The average molecular weight is 952 g/mol. The number of hydrogen-bond donors (Lipinski definition) is 4. The zero-order valence-corrected chi connectivity index (χ0v) is 41.5. The number of carbonyl (C=O) groups is 5. The molecule has 0 unspecified atom stereocenters. The number of Topliss-reactive ketones (excluding diaryl/α,β-unsaturated/α-hetero) is 1. The number of aliphatic hydroxyl groups is 2. The van der Waals surface area contributed by atoms with Gasteiger partial charge in [0.1, 0.15) is 49.4 Å². The number of esters is 1. The lowest BCUT2D eigenvalue weighted by Gasteiger charge is -2.30. The lowest BCUT2D eigenvalue weighted by molar-refractivity contribution is -0.145. The highest BCUT2D eigenvalue weighted by Gasteiger charge is 2.36. The standard InChI is InChI=1S/C49H69N3O14Si/c1-11-35(53)28-63-42-25-34-24-38(44(42)65-30-61-19-20-67(8,9)10)37-22-33(17-18-41(37)62-29-36(54)26-50-47(58)66-49(3,4)5)23-39(46(57)60-7)51-45(56)31(2)21-40(55)43(34)52(6)48(59)64-27-32-15-13-12-14-16-32/h12-18,22,24-25,31,35-36,39,43,53-54H,11,19-21,23,26-30H2,1-10H3,(H,50,58)(H,51,56)/t31-,35-,36-,39+,43+/m1/s1. The summed E-state index contributed by atoms with van der Waals surface area (Å²) in [4.78, 5) is 69.2. The maximum absolute atomic E-state index is 14.7. The van der Waals surface area contributed by atoms with E-state index in [9.17, 15) is 34.2 Å². The molecule has 18 heteroatoms. The van der Waals surface area contributed by atoms with Crippen LogP contribution in [0.5, 0.6) is 17.2 Å². The highest BCUT2D eigenvalue weighted by Crippen LogP contribution is 2.46. The number of fused-ring (bicyclic) bond motifs is 5. The number of carbonyl (C=O) groups excluding carboxylic acids is 5. The Morgan fingerprint density at radius 3 is 2.25 bits per heavy atom. The summed E-state index contributed by atoms with van der Waals surface area (Å²) in [6.07, 6.45) is -3.73. The van der Waals surface area contributed by atoms with Crippen molar-refractivity contribution in [3.63, 3.8) is 0 Å². The van der Waals surface area contributed by atoms with Gasteiger partial charge in [0, 0.05) is 51.6 Å². The third kappa shape index (κ3) is 17.2. The molecule has 0 saturated carbocycles. The van der Waals surface area contributed by atoms with Gasteiger partial charge in [-0.3, -0.25) is 14.5 Å². The normalized spacial score (nSPS) is 17.5. The number of benzene rings is 3. The smallest absolute Gasteiger partial charge is 0.410 e. The van der Waals surface area contributed by atoms with Crippen molar-refractivity contribution in [2.24, 2.45) is 5.92 Å². The van der Waals surface area contributed by atoms with Crippen LogP contribution in [0, 0.1) is 5.92 Å². The van der Waals surface area contributed by atoms with E-state index in [2.05, 4.69) is 30.3 Å². The fourth-order valence-electron chi connectivity index (χ4n) is 6.82. The molecule has 3 amide bonds. The molecule has 368 valence electrons. The van der Waals surface area contributed by atoms with E-state index in [1.807, 2.05) is 6.07 Å². The molecule has 0 aliphatic carbocycles. The minimum atomic E-state index is -1.49. The summed E-state index contributed by atoms with van der Waals surface area (Å²) in [6.45, 7) is 14.5. The van der Waals surface area contributed by atoms with Gasteiger partial charge in [-0.25, -0.2) is 14.4 Å². The average Bonchev–Trinajstić information content (AvgIpc) is 3.27. The first kappa shape index (κ1) is 53.9. The molecule has 1 aliphatic heterocycles. The number of amides is 3. The van der Waals surface area contributed by atoms with Gasteiger partial charge >= 0.3 is 18.2 Å². The van der Waals surface area contributed by atoms with Gasteiger partial charge in [0.05, 0.1) is 19.8 Å². The van der Waals surface area contributed by atoms with E-state index >= 15 is 0 Å². The van der Waals surface area contributed by atoms with E-state index in [1.165, 1.54) is 14.2 Å². The molecule has 0 spiro atoms. The van der Waals surface area contributed by atoms with E-state index in [4.69, 9.17) is 33.2 Å². The number of nitrogens with one attached hydrogen (secondary N) is 2. The molecule has 0 aromatic heterocycles. The van der Waals surface area contributed by atoms with Crippen LogP contribution in [-0.4, -0.2) is 124 Å². The Morgan fingerprint density at radius 1 is 0.910 bits per heavy atom. The summed E-state index contributed by atoms with van der Waals surface area (Å²) in [5, 5.41) is 27.0. The monoisotopic (exact) mass is 951 g/mol. The molecule has 1 aliphatic rings. The molecule has 0 saturated heterocycles. The lowest BCUT2D eigenvalue weighted by Crippen LogP contribution is -2.46. The Bertz CT molecular complexity index is 2140. The Labute approximate surface area is 394 Å². The summed E-state index contributed by atoms with van der Waals surface area (Å²) in [5.41, 5.74) is 1.34. The second-order valence-electron chi connectivity index (χ2n) is 18.8. The maximum Gasteiger partial charge on any atom is 0.410 e. The van der Waals surface area contributed by atoms with E-state index < -0.39 is 73.7 Å². The fraction of sp³-hybridized carbons (Fsp3) is 0.531. The van der Waals surface area contributed by atoms with Crippen molar-refractivity contribution in [2.45, 2.75) is 116 Å². The van der Waals surface area contributed by atoms with Crippen LogP contribution in [0.15, 0.2) is 60.7 Å². The van der Waals surface area contributed by atoms with Crippen LogP contribution in [0.3, 0.4) is 0 Å². The molecular weight excluding hydrogens is 883 g/mol. The van der Waals surface area contributed by atoms with E-state index in [0.29, 0.717) is 29.7 Å². The maximum atomic E-state index is 14.7. The van der Waals surface area contributed by atoms with E-state index in [-0.39, 0.29) is 74.4 Å². The van der Waals surface area contributed by atoms with Gasteiger partial charge in [-0.1, -0.05) is 69.9 Å². The van der Waals surface area contributed by atoms with Crippen LogP contribution in [0.4, 0.5) is 9.59 Å². The molecule has 3 aromatic carbocycles. The minimum absolute atomic E-state index is 0.0465. The van der Waals surface area contributed by atoms with Gasteiger partial charge in [-0.15, -0.1) is 0 Å². The van der Waals surface area contributed by atoms with Gasteiger partial charge in [0.15, 0.2) is 24.1 Å². The van der Waals surface area contributed by atoms with Gasteiger partial charge in [0.25, 0.3) is 0 Å². The summed E-state index contributed by atoms with van der Waals surface area (Å²) in [6, 6.07) is 15.5. The molecule has 0 fully saturated rings. The van der Waals surface area contributed by atoms with E-state index in [0.717, 1.165) is 10.9 Å². The van der Waals surface area contributed by atoms with Crippen molar-refractivity contribution >= 4 is 37.9 Å². The van der Waals surface area contributed by atoms with Crippen molar-refractivity contribution in [1.29, 1.82) is 0 Å². The first-order valence-corrected chi connectivity index (χ1v) is 26.2. The molecule has 4 N–H and O–H groups in total. The second kappa shape index (κ2) is 24.9. The number of rotatable bonds is 19. The fourth-order valence-corrected chi connectivity index (χ4v) is 7.58. The van der Waals surface area contributed by atoms with Crippen LogP contribution >= 0.6 is 0 Å². The van der Waals surface area contributed by atoms with Crippen LogP contribution < -0.4 is 24.8 Å². The Hall–Kier alpha value is -5.69. The van der Waals surface area contributed by atoms with Crippen LogP contribution in [-0.2, 0) is 46.4 Å². The lowest BCUT2D eigenvalue weighted by atomic mass is 9.89. The van der Waals surface area contributed by atoms with Crippen LogP contribution in [0.25, 0.3) is 11.1 Å². The molecular formula is C49H69N3O14Si. The second-order valence-corrected chi connectivity index (χ2v) is 24.5. The first-order chi connectivity index (χ1) is 31.6. The van der Waals surface area contributed by atoms with Crippen molar-refractivity contribution in [3.05, 3.63) is 77.4 Å². The molecule has 4 bridgehead atoms. The van der Waals surface area contributed by atoms with Crippen molar-refractivity contribution in [1.82, 2.24) is 15.5 Å². The largest absolute Gasteiger partial charge is 0.490 e. The summed E-state index contributed by atoms with van der Waals surface area (Å²) in [7, 11) is 1.12. The predicted octanol–water partition coefficient (Wildman–Crippen LogP) is 6.58. The number of nitrogens with zero attached hydrogens (tertiary/aromatic N) is 1. The number of hydrogen-bond acceptors (Lipinski definition) is 14. The first-order valence-electron chi connectivity index (χ1n) is 22.5. The number of ketones is 1. The summed E-state index contributed by atoms with van der Waals surface area (Å²) < 4.78 is 41.2. The molecule has 1 heterocycles. The van der Waals surface area contributed by atoms with Gasteiger partial charge < -0.3 is 54.0 Å². The van der Waals surface area contributed by atoms with Gasteiger partial charge in [-0.05, 0) is 74.2 Å². The third-order valence-corrected chi connectivity index (χ3v) is 12.3. The molecule has 0 radical (unpaired) electrons. The van der Waals surface area contributed by atoms with Gasteiger partial charge in [-0.2, -0.15) is 0 Å². The molecule has 3 aromatic rings. The number of methoxy groups -OCH3 is 1. The van der Waals surface area contributed by atoms with Crippen molar-refractivity contribution in [2.75, 3.05) is 47.3 Å². The highest BCUT2D eigenvalue weighted by molar-refractivity contribution is 6.76.